The Labute approximate surface area is 121 Å². The van der Waals surface area contributed by atoms with Gasteiger partial charge in [0.05, 0.1) is 11.1 Å². The van der Waals surface area contributed by atoms with Gasteiger partial charge < -0.3 is 4.74 Å². The summed E-state index contributed by atoms with van der Waals surface area (Å²) in [6.07, 6.45) is 1.69. The van der Waals surface area contributed by atoms with Crippen LogP contribution in [0.3, 0.4) is 0 Å². The Morgan fingerprint density at radius 3 is 2.81 bits per heavy atom. The third-order valence-electron chi connectivity index (χ3n) is 3.12. The minimum atomic E-state index is -0.536. The van der Waals surface area contributed by atoms with Crippen molar-refractivity contribution in [2.75, 3.05) is 6.61 Å². The van der Waals surface area contributed by atoms with Crippen LogP contribution in [0.1, 0.15) is 10.4 Å². The topological polar surface area (TPSA) is 39.2 Å². The van der Waals surface area contributed by atoms with Gasteiger partial charge >= 0.3 is 0 Å². The minimum absolute atomic E-state index is 0.0383. The molecule has 0 bridgehead atoms. The maximum atomic E-state index is 13.5. The number of hydrogen-bond acceptors (Lipinski definition) is 3. The highest BCUT2D eigenvalue weighted by Crippen LogP contribution is 2.19. The van der Waals surface area contributed by atoms with Gasteiger partial charge in [0, 0.05) is 17.6 Å². The summed E-state index contributed by atoms with van der Waals surface area (Å²) in [7, 11) is 0. The van der Waals surface area contributed by atoms with E-state index < -0.39 is 11.6 Å². The second-order valence-corrected chi connectivity index (χ2v) is 4.55. The number of hydrogen-bond donors (Lipinski definition) is 0. The molecule has 0 atom stereocenters. The number of rotatable bonds is 4. The van der Waals surface area contributed by atoms with Gasteiger partial charge in [-0.1, -0.05) is 18.2 Å². The first-order chi connectivity index (χ1) is 10.2. The van der Waals surface area contributed by atoms with Crippen molar-refractivity contribution in [3.63, 3.8) is 0 Å². The molecule has 0 aliphatic rings. The Morgan fingerprint density at radius 1 is 1.10 bits per heavy atom. The zero-order chi connectivity index (χ0) is 14.7. The molecule has 1 aromatic heterocycles. The summed E-state index contributed by atoms with van der Waals surface area (Å²) in [6.45, 7) is -0.209. The molecule has 4 heteroatoms. The molecule has 0 N–H and O–H groups in total. The lowest BCUT2D eigenvalue weighted by atomic mass is 10.1. The predicted molar refractivity (Wildman–Crippen MR) is 78.0 cm³/mol. The summed E-state index contributed by atoms with van der Waals surface area (Å²) < 4.78 is 18.9. The number of Topliss-reactive ketones (excluding diaryl/α,β-unsaturated/α-hetero) is 1. The number of fused-ring (bicyclic) bond motifs is 1. The third-order valence-corrected chi connectivity index (χ3v) is 3.12. The third kappa shape index (κ3) is 2.89. The summed E-state index contributed by atoms with van der Waals surface area (Å²) in [4.78, 5) is 16.1. The molecule has 0 fully saturated rings. The average molecular weight is 281 g/mol. The molecule has 0 spiro atoms. The molecule has 0 unspecified atom stereocenters. The maximum absolute atomic E-state index is 13.5. The van der Waals surface area contributed by atoms with Crippen LogP contribution in [0.4, 0.5) is 4.39 Å². The SMILES string of the molecule is O=C(COc1ccc2cccnc2c1)c1ccccc1F. The Morgan fingerprint density at radius 2 is 1.95 bits per heavy atom. The van der Waals surface area contributed by atoms with Crippen molar-refractivity contribution >= 4 is 16.7 Å². The molecule has 3 aromatic rings. The van der Waals surface area contributed by atoms with E-state index in [0.717, 1.165) is 10.9 Å². The van der Waals surface area contributed by atoms with Crippen LogP contribution in [-0.4, -0.2) is 17.4 Å². The molecular formula is C17H12FNO2. The fourth-order valence-electron chi connectivity index (χ4n) is 2.05. The molecule has 104 valence electrons. The lowest BCUT2D eigenvalue weighted by molar-refractivity contribution is 0.0917. The van der Waals surface area contributed by atoms with Gasteiger partial charge in [0.15, 0.2) is 6.61 Å². The molecule has 1 heterocycles. The Bertz CT molecular complexity index is 801. The number of aromatic nitrogens is 1. The summed E-state index contributed by atoms with van der Waals surface area (Å²) in [6, 6.07) is 15.0. The number of pyridine rings is 1. The van der Waals surface area contributed by atoms with Crippen molar-refractivity contribution in [1.29, 1.82) is 0 Å². The lowest BCUT2D eigenvalue weighted by Gasteiger charge is -2.07. The molecule has 3 nitrogen and oxygen atoms in total. The number of ether oxygens (including phenoxy) is 1. The van der Waals surface area contributed by atoms with E-state index in [2.05, 4.69) is 4.98 Å². The van der Waals surface area contributed by atoms with E-state index in [1.807, 2.05) is 18.2 Å². The van der Waals surface area contributed by atoms with Gasteiger partial charge in [-0.2, -0.15) is 0 Å². The Kier molecular flexibility index (Phi) is 3.60. The molecule has 0 saturated carbocycles. The highest BCUT2D eigenvalue weighted by atomic mass is 19.1. The van der Waals surface area contributed by atoms with Gasteiger partial charge in [-0.25, -0.2) is 4.39 Å². The maximum Gasteiger partial charge on any atom is 0.203 e. The Balaban J connectivity index is 1.74. The van der Waals surface area contributed by atoms with E-state index in [9.17, 15) is 9.18 Å². The molecule has 0 amide bonds. The van der Waals surface area contributed by atoms with Crippen LogP contribution in [0.15, 0.2) is 60.8 Å². The number of carbonyl (C=O) groups excluding carboxylic acids is 1. The van der Waals surface area contributed by atoms with Crippen LogP contribution in [0.25, 0.3) is 10.9 Å². The first-order valence-corrected chi connectivity index (χ1v) is 6.49. The van der Waals surface area contributed by atoms with Gasteiger partial charge in [0.1, 0.15) is 11.6 Å². The van der Waals surface area contributed by atoms with E-state index in [-0.39, 0.29) is 12.2 Å². The Hall–Kier alpha value is -2.75. The first kappa shape index (κ1) is 13.2. The zero-order valence-electron chi connectivity index (χ0n) is 11.1. The van der Waals surface area contributed by atoms with Crippen molar-refractivity contribution in [2.24, 2.45) is 0 Å². The van der Waals surface area contributed by atoms with Gasteiger partial charge in [0.25, 0.3) is 0 Å². The molecule has 3 rings (SSSR count). The fourth-order valence-corrected chi connectivity index (χ4v) is 2.05. The van der Waals surface area contributed by atoms with Crippen LogP contribution in [-0.2, 0) is 0 Å². The molecule has 21 heavy (non-hydrogen) atoms. The van der Waals surface area contributed by atoms with Gasteiger partial charge in [0.2, 0.25) is 5.78 Å². The van der Waals surface area contributed by atoms with Crippen molar-refractivity contribution < 1.29 is 13.9 Å². The molecule has 0 radical (unpaired) electrons. The van der Waals surface area contributed by atoms with Crippen molar-refractivity contribution in [3.05, 3.63) is 72.2 Å². The molecule has 0 aliphatic heterocycles. The van der Waals surface area contributed by atoms with Crippen LogP contribution in [0.2, 0.25) is 0 Å². The standard InChI is InChI=1S/C17H12FNO2/c18-15-6-2-1-5-14(15)17(20)11-21-13-8-7-12-4-3-9-19-16(12)10-13/h1-10H,11H2. The highest BCUT2D eigenvalue weighted by Gasteiger charge is 2.11. The van der Waals surface area contributed by atoms with Crippen molar-refractivity contribution in [3.8, 4) is 5.75 Å². The summed E-state index contributed by atoms with van der Waals surface area (Å²) in [5, 5.41) is 0.991. The first-order valence-electron chi connectivity index (χ1n) is 6.49. The molecule has 0 aliphatic carbocycles. The fraction of sp³-hybridized carbons (Fsp3) is 0.0588. The number of carbonyl (C=O) groups is 1. The van der Waals surface area contributed by atoms with Gasteiger partial charge in [-0.05, 0) is 30.3 Å². The number of nitrogens with zero attached hydrogens (tertiary/aromatic N) is 1. The van der Waals surface area contributed by atoms with E-state index >= 15 is 0 Å². The molecule has 2 aromatic carbocycles. The minimum Gasteiger partial charge on any atom is -0.485 e. The van der Waals surface area contributed by atoms with Gasteiger partial charge in [-0.3, -0.25) is 9.78 Å². The van der Waals surface area contributed by atoms with Crippen LogP contribution in [0, 0.1) is 5.82 Å². The van der Waals surface area contributed by atoms with Crippen molar-refractivity contribution in [2.45, 2.75) is 0 Å². The largest absolute Gasteiger partial charge is 0.485 e. The summed E-state index contributed by atoms with van der Waals surface area (Å²) >= 11 is 0. The second kappa shape index (κ2) is 5.71. The van der Waals surface area contributed by atoms with Crippen LogP contribution >= 0.6 is 0 Å². The monoisotopic (exact) mass is 281 g/mol. The van der Waals surface area contributed by atoms with E-state index in [4.69, 9.17) is 4.74 Å². The number of halogens is 1. The van der Waals surface area contributed by atoms with E-state index in [1.165, 1.54) is 12.1 Å². The number of ketones is 1. The molecular weight excluding hydrogens is 269 g/mol. The lowest BCUT2D eigenvalue weighted by Crippen LogP contribution is -2.13. The number of benzene rings is 2. The average Bonchev–Trinajstić information content (AvgIpc) is 2.53. The molecule has 0 saturated heterocycles. The second-order valence-electron chi connectivity index (χ2n) is 4.55. The van der Waals surface area contributed by atoms with Crippen LogP contribution < -0.4 is 4.74 Å². The smallest absolute Gasteiger partial charge is 0.203 e. The van der Waals surface area contributed by atoms with E-state index in [1.54, 1.807) is 30.5 Å². The normalized spacial score (nSPS) is 10.5. The van der Waals surface area contributed by atoms with Crippen molar-refractivity contribution in [1.82, 2.24) is 4.98 Å². The predicted octanol–water partition coefficient (Wildman–Crippen LogP) is 3.64. The quantitative estimate of drug-likeness (QED) is 0.685. The van der Waals surface area contributed by atoms with Gasteiger partial charge in [-0.15, -0.1) is 0 Å². The highest BCUT2D eigenvalue weighted by molar-refractivity contribution is 5.97. The summed E-state index contributed by atoms with van der Waals surface area (Å²) in [5.41, 5.74) is 0.824. The zero-order valence-corrected chi connectivity index (χ0v) is 11.1. The summed E-state index contributed by atoms with van der Waals surface area (Å²) in [5.74, 6) is -0.397. The van der Waals surface area contributed by atoms with Crippen LogP contribution in [0.5, 0.6) is 5.75 Å². The van der Waals surface area contributed by atoms with E-state index in [0.29, 0.717) is 5.75 Å².